The van der Waals surface area contributed by atoms with E-state index in [1.807, 2.05) is 26.0 Å². The first kappa shape index (κ1) is 13.5. The van der Waals surface area contributed by atoms with Crippen molar-refractivity contribution < 1.29 is 4.79 Å². The van der Waals surface area contributed by atoms with E-state index in [0.29, 0.717) is 10.8 Å². The quantitative estimate of drug-likeness (QED) is 0.922. The number of amides is 1. The van der Waals surface area contributed by atoms with Gasteiger partial charge in [-0.1, -0.05) is 25.4 Å². The fourth-order valence-corrected chi connectivity index (χ4v) is 1.60. The Morgan fingerprint density at radius 3 is 2.68 bits per heavy atom. The summed E-state index contributed by atoms with van der Waals surface area (Å²) in [6.07, 6.45) is 0. The topological polar surface area (TPSA) is 72.7 Å². The van der Waals surface area contributed by atoms with E-state index in [1.54, 1.807) is 16.8 Å². The molecule has 0 fully saturated rings. The Kier molecular flexibility index (Phi) is 4.11. The number of halogens is 1. The van der Waals surface area contributed by atoms with Gasteiger partial charge < -0.3 is 5.32 Å². The number of carbonyl (C=O) groups excluding carboxylic acids is 1. The summed E-state index contributed by atoms with van der Waals surface area (Å²) in [5.41, 5.74) is 0.795. The molecule has 1 aromatic heterocycles. The molecule has 0 bridgehead atoms. The van der Waals surface area contributed by atoms with E-state index < -0.39 is 0 Å². The van der Waals surface area contributed by atoms with Crippen molar-refractivity contribution in [3.05, 3.63) is 35.1 Å². The van der Waals surface area contributed by atoms with Gasteiger partial charge in [-0.3, -0.25) is 4.79 Å². The number of benzene rings is 1. The molecule has 100 valence electrons. The van der Waals surface area contributed by atoms with Crippen molar-refractivity contribution in [2.24, 2.45) is 5.92 Å². The Bertz CT molecular complexity index is 564. The molecule has 0 saturated carbocycles. The molecule has 2 rings (SSSR count). The number of rotatable bonds is 4. The van der Waals surface area contributed by atoms with Crippen molar-refractivity contribution in [1.82, 2.24) is 25.5 Å². The van der Waals surface area contributed by atoms with Gasteiger partial charge in [0, 0.05) is 10.9 Å². The summed E-state index contributed by atoms with van der Waals surface area (Å²) in [4.78, 5) is 11.5. The molecule has 2 aromatic rings. The third kappa shape index (κ3) is 3.29. The fraction of sp³-hybridized carbons (Fsp3) is 0.333. The molecule has 1 amide bonds. The normalized spacial score (nSPS) is 10.7. The monoisotopic (exact) mass is 279 g/mol. The Balaban J connectivity index is 2.14. The first-order chi connectivity index (χ1) is 9.08. The SMILES string of the molecule is CC(C)C(=O)NCc1nnnn1-c1ccc(Cl)cc1. The smallest absolute Gasteiger partial charge is 0.222 e. The molecule has 6 nitrogen and oxygen atoms in total. The molecule has 0 spiro atoms. The van der Waals surface area contributed by atoms with Crippen LogP contribution in [0, 0.1) is 5.92 Å². The highest BCUT2D eigenvalue weighted by atomic mass is 35.5. The molecule has 1 heterocycles. The molecule has 0 aliphatic heterocycles. The number of aromatic nitrogens is 4. The molecule has 0 aliphatic rings. The molecular formula is C12H14ClN5O. The largest absolute Gasteiger partial charge is 0.349 e. The lowest BCUT2D eigenvalue weighted by atomic mass is 10.2. The Labute approximate surface area is 115 Å². The van der Waals surface area contributed by atoms with Crippen LogP contribution in [0.25, 0.3) is 5.69 Å². The van der Waals surface area contributed by atoms with Gasteiger partial charge in [0.2, 0.25) is 5.91 Å². The minimum Gasteiger partial charge on any atom is -0.349 e. The van der Waals surface area contributed by atoms with Crippen LogP contribution in [-0.4, -0.2) is 26.1 Å². The third-order valence-electron chi connectivity index (χ3n) is 2.55. The van der Waals surface area contributed by atoms with Gasteiger partial charge in [-0.15, -0.1) is 5.10 Å². The first-order valence-electron chi connectivity index (χ1n) is 5.89. The second-order valence-corrected chi connectivity index (χ2v) is 4.79. The van der Waals surface area contributed by atoms with Crippen LogP contribution >= 0.6 is 11.6 Å². The van der Waals surface area contributed by atoms with Crippen LogP contribution in [0.15, 0.2) is 24.3 Å². The van der Waals surface area contributed by atoms with Crippen molar-refractivity contribution in [2.45, 2.75) is 20.4 Å². The number of tetrazole rings is 1. The van der Waals surface area contributed by atoms with Crippen LogP contribution in [0.2, 0.25) is 5.02 Å². The van der Waals surface area contributed by atoms with E-state index in [2.05, 4.69) is 20.8 Å². The van der Waals surface area contributed by atoms with Gasteiger partial charge >= 0.3 is 0 Å². The number of hydrogen-bond acceptors (Lipinski definition) is 4. The Hall–Kier alpha value is -1.95. The van der Waals surface area contributed by atoms with E-state index >= 15 is 0 Å². The van der Waals surface area contributed by atoms with Gasteiger partial charge in [0.1, 0.15) is 0 Å². The predicted molar refractivity (Wildman–Crippen MR) is 70.8 cm³/mol. The number of nitrogens with one attached hydrogen (secondary N) is 1. The van der Waals surface area contributed by atoms with E-state index in [0.717, 1.165) is 5.69 Å². The van der Waals surface area contributed by atoms with Crippen LogP contribution in [0.4, 0.5) is 0 Å². The molecule has 0 saturated heterocycles. The van der Waals surface area contributed by atoms with Crippen LogP contribution in [0.3, 0.4) is 0 Å². The Morgan fingerprint density at radius 1 is 1.37 bits per heavy atom. The van der Waals surface area contributed by atoms with Crippen molar-refractivity contribution in [1.29, 1.82) is 0 Å². The average molecular weight is 280 g/mol. The maximum Gasteiger partial charge on any atom is 0.222 e. The zero-order chi connectivity index (χ0) is 13.8. The molecule has 0 unspecified atom stereocenters. The van der Waals surface area contributed by atoms with Crippen molar-refractivity contribution in [2.75, 3.05) is 0 Å². The van der Waals surface area contributed by atoms with Crippen LogP contribution in [0.5, 0.6) is 0 Å². The van der Waals surface area contributed by atoms with Crippen molar-refractivity contribution in [3.8, 4) is 5.69 Å². The molecule has 19 heavy (non-hydrogen) atoms. The molecule has 7 heteroatoms. The van der Waals surface area contributed by atoms with Crippen LogP contribution < -0.4 is 5.32 Å². The summed E-state index contributed by atoms with van der Waals surface area (Å²) in [5.74, 6) is 0.460. The third-order valence-corrected chi connectivity index (χ3v) is 2.80. The molecule has 1 N–H and O–H groups in total. The zero-order valence-electron chi connectivity index (χ0n) is 10.7. The average Bonchev–Trinajstić information content (AvgIpc) is 2.85. The van der Waals surface area contributed by atoms with E-state index in [-0.39, 0.29) is 18.4 Å². The van der Waals surface area contributed by atoms with E-state index in [1.165, 1.54) is 0 Å². The summed E-state index contributed by atoms with van der Waals surface area (Å²) in [7, 11) is 0. The summed E-state index contributed by atoms with van der Waals surface area (Å²) >= 11 is 5.83. The van der Waals surface area contributed by atoms with Gasteiger partial charge in [-0.05, 0) is 34.7 Å². The number of hydrogen-bond donors (Lipinski definition) is 1. The lowest BCUT2D eigenvalue weighted by molar-refractivity contribution is -0.124. The lowest BCUT2D eigenvalue weighted by Gasteiger charge is -2.08. The highest BCUT2D eigenvalue weighted by molar-refractivity contribution is 6.30. The Morgan fingerprint density at radius 2 is 2.05 bits per heavy atom. The summed E-state index contributed by atoms with van der Waals surface area (Å²) < 4.78 is 1.57. The second kappa shape index (κ2) is 5.79. The standard InChI is InChI=1S/C12H14ClN5O/c1-8(2)12(19)14-7-11-15-16-17-18(11)10-5-3-9(13)4-6-10/h3-6,8H,7H2,1-2H3,(H,14,19). The second-order valence-electron chi connectivity index (χ2n) is 4.36. The van der Waals surface area contributed by atoms with E-state index in [4.69, 9.17) is 11.6 Å². The predicted octanol–water partition coefficient (Wildman–Crippen LogP) is 1.59. The summed E-state index contributed by atoms with van der Waals surface area (Å²) in [6.45, 7) is 3.95. The van der Waals surface area contributed by atoms with Crippen LogP contribution in [-0.2, 0) is 11.3 Å². The molecular weight excluding hydrogens is 266 g/mol. The van der Waals surface area contributed by atoms with Crippen LogP contribution in [0.1, 0.15) is 19.7 Å². The van der Waals surface area contributed by atoms with Gasteiger partial charge in [-0.2, -0.15) is 4.68 Å². The minimum absolute atomic E-state index is 0.0364. The highest BCUT2D eigenvalue weighted by Crippen LogP contribution is 2.13. The zero-order valence-corrected chi connectivity index (χ0v) is 11.4. The highest BCUT2D eigenvalue weighted by Gasteiger charge is 2.11. The van der Waals surface area contributed by atoms with Gasteiger partial charge in [0.05, 0.1) is 12.2 Å². The summed E-state index contributed by atoms with van der Waals surface area (Å²) in [6, 6.07) is 7.14. The molecule has 1 aromatic carbocycles. The fourth-order valence-electron chi connectivity index (χ4n) is 1.47. The first-order valence-corrected chi connectivity index (χ1v) is 6.26. The van der Waals surface area contributed by atoms with Gasteiger partial charge in [0.25, 0.3) is 0 Å². The van der Waals surface area contributed by atoms with Crippen molar-refractivity contribution >= 4 is 17.5 Å². The maximum absolute atomic E-state index is 11.5. The molecule has 0 aliphatic carbocycles. The minimum atomic E-state index is -0.0696. The van der Waals surface area contributed by atoms with E-state index in [9.17, 15) is 4.79 Å². The summed E-state index contributed by atoms with van der Waals surface area (Å²) in [5, 5.41) is 14.8. The number of carbonyl (C=O) groups is 1. The molecule has 0 atom stereocenters. The maximum atomic E-state index is 11.5. The number of nitrogens with zero attached hydrogens (tertiary/aromatic N) is 4. The van der Waals surface area contributed by atoms with Crippen molar-refractivity contribution in [3.63, 3.8) is 0 Å². The lowest BCUT2D eigenvalue weighted by Crippen LogP contribution is -2.28. The molecule has 0 radical (unpaired) electrons. The van der Waals surface area contributed by atoms with Gasteiger partial charge in [-0.25, -0.2) is 0 Å². The van der Waals surface area contributed by atoms with Gasteiger partial charge in [0.15, 0.2) is 5.82 Å².